The predicted molar refractivity (Wildman–Crippen MR) is 72.2 cm³/mol. The molecule has 18 heavy (non-hydrogen) atoms. The summed E-state index contributed by atoms with van der Waals surface area (Å²) in [5.74, 6) is 0.0908. The summed E-state index contributed by atoms with van der Waals surface area (Å²) >= 11 is 0. The van der Waals surface area contributed by atoms with Gasteiger partial charge in [0.2, 0.25) is 0 Å². The van der Waals surface area contributed by atoms with Crippen LogP contribution in [0.5, 0.6) is 0 Å². The fourth-order valence-electron chi connectivity index (χ4n) is 2.49. The highest BCUT2D eigenvalue weighted by molar-refractivity contribution is 5.35. The standard InChI is InChI=1S/C14H22FN3/c1-12-6-2-3-10-18(12)11-5-9-17-14-13(15)7-4-8-16-14/h4,7-8,12H,2-3,5-6,9-11H2,1H3,(H,16,17). The van der Waals surface area contributed by atoms with Crippen molar-refractivity contribution in [3.8, 4) is 0 Å². The second-order valence-electron chi connectivity index (χ2n) is 4.99. The summed E-state index contributed by atoms with van der Waals surface area (Å²) in [6.45, 7) is 5.36. The molecule has 2 heterocycles. The van der Waals surface area contributed by atoms with E-state index < -0.39 is 0 Å². The first-order chi connectivity index (χ1) is 8.77. The van der Waals surface area contributed by atoms with Crippen molar-refractivity contribution in [1.29, 1.82) is 0 Å². The predicted octanol–water partition coefficient (Wildman–Crippen LogP) is 2.90. The van der Waals surface area contributed by atoms with Crippen molar-refractivity contribution in [2.75, 3.05) is 25.0 Å². The Labute approximate surface area is 108 Å². The summed E-state index contributed by atoms with van der Waals surface area (Å²) in [4.78, 5) is 6.51. The molecule has 1 N–H and O–H groups in total. The van der Waals surface area contributed by atoms with Crippen LogP contribution in [-0.2, 0) is 0 Å². The summed E-state index contributed by atoms with van der Waals surface area (Å²) in [6, 6.07) is 3.74. The number of piperidine rings is 1. The highest BCUT2D eigenvalue weighted by Crippen LogP contribution is 2.16. The van der Waals surface area contributed by atoms with Crippen LogP contribution in [0.15, 0.2) is 18.3 Å². The number of hydrogen-bond acceptors (Lipinski definition) is 3. The van der Waals surface area contributed by atoms with Crippen molar-refractivity contribution in [1.82, 2.24) is 9.88 Å². The Morgan fingerprint density at radius 1 is 1.50 bits per heavy atom. The average Bonchev–Trinajstić information content (AvgIpc) is 2.38. The van der Waals surface area contributed by atoms with E-state index in [1.807, 2.05) is 0 Å². The number of aromatic nitrogens is 1. The Hall–Kier alpha value is -1.16. The molecule has 1 atom stereocenters. The Morgan fingerprint density at radius 3 is 3.17 bits per heavy atom. The third-order valence-corrected chi connectivity index (χ3v) is 3.61. The molecule has 2 rings (SSSR count). The lowest BCUT2D eigenvalue weighted by Crippen LogP contribution is -2.38. The molecule has 0 spiro atoms. The number of rotatable bonds is 5. The molecule has 0 aromatic carbocycles. The Kier molecular flexibility index (Phi) is 4.93. The van der Waals surface area contributed by atoms with E-state index in [-0.39, 0.29) is 5.82 Å². The van der Waals surface area contributed by atoms with E-state index in [0.29, 0.717) is 11.9 Å². The maximum Gasteiger partial charge on any atom is 0.165 e. The molecule has 1 saturated heterocycles. The molecule has 1 unspecified atom stereocenters. The number of anilines is 1. The van der Waals surface area contributed by atoms with Crippen molar-refractivity contribution in [3.63, 3.8) is 0 Å². The van der Waals surface area contributed by atoms with Crippen LogP contribution in [0, 0.1) is 5.82 Å². The molecule has 1 fully saturated rings. The zero-order chi connectivity index (χ0) is 12.8. The number of nitrogens with zero attached hydrogens (tertiary/aromatic N) is 2. The summed E-state index contributed by atoms with van der Waals surface area (Å²) in [6.07, 6.45) is 6.61. The molecule has 0 amide bonds. The summed E-state index contributed by atoms with van der Waals surface area (Å²) in [5, 5.41) is 3.05. The number of nitrogens with one attached hydrogen (secondary N) is 1. The molecular formula is C14H22FN3. The average molecular weight is 251 g/mol. The highest BCUT2D eigenvalue weighted by atomic mass is 19.1. The van der Waals surface area contributed by atoms with Crippen LogP contribution in [0.3, 0.4) is 0 Å². The lowest BCUT2D eigenvalue weighted by Gasteiger charge is -2.33. The fourth-order valence-corrected chi connectivity index (χ4v) is 2.49. The van der Waals surface area contributed by atoms with Gasteiger partial charge in [-0.1, -0.05) is 6.42 Å². The van der Waals surface area contributed by atoms with E-state index in [9.17, 15) is 4.39 Å². The van der Waals surface area contributed by atoms with Gasteiger partial charge in [0.25, 0.3) is 0 Å². The zero-order valence-electron chi connectivity index (χ0n) is 11.0. The van der Waals surface area contributed by atoms with Gasteiger partial charge in [0.1, 0.15) is 0 Å². The minimum atomic E-state index is -0.274. The maximum absolute atomic E-state index is 13.3. The van der Waals surface area contributed by atoms with Crippen LogP contribution in [0.1, 0.15) is 32.6 Å². The zero-order valence-corrected chi connectivity index (χ0v) is 11.0. The van der Waals surface area contributed by atoms with Crippen LogP contribution in [-0.4, -0.2) is 35.6 Å². The molecule has 100 valence electrons. The third-order valence-electron chi connectivity index (χ3n) is 3.61. The summed E-state index contributed by atoms with van der Waals surface area (Å²) in [5.41, 5.74) is 0. The van der Waals surface area contributed by atoms with Gasteiger partial charge in [0.05, 0.1) is 0 Å². The first-order valence-electron chi connectivity index (χ1n) is 6.86. The first-order valence-corrected chi connectivity index (χ1v) is 6.86. The van der Waals surface area contributed by atoms with Crippen LogP contribution >= 0.6 is 0 Å². The molecule has 0 saturated carbocycles. The SMILES string of the molecule is CC1CCCCN1CCCNc1ncccc1F. The molecule has 3 nitrogen and oxygen atoms in total. The second kappa shape index (κ2) is 6.69. The van der Waals surface area contributed by atoms with Crippen molar-refractivity contribution in [2.45, 2.75) is 38.6 Å². The van der Waals surface area contributed by atoms with E-state index in [4.69, 9.17) is 0 Å². The van der Waals surface area contributed by atoms with Gasteiger partial charge in [0, 0.05) is 25.3 Å². The lowest BCUT2D eigenvalue weighted by molar-refractivity contribution is 0.160. The van der Waals surface area contributed by atoms with Gasteiger partial charge in [-0.3, -0.25) is 0 Å². The quantitative estimate of drug-likeness (QED) is 0.816. The van der Waals surface area contributed by atoms with E-state index in [2.05, 4.69) is 22.1 Å². The molecule has 1 aromatic heterocycles. The van der Waals surface area contributed by atoms with Gasteiger partial charge in [-0.05, 0) is 44.9 Å². The van der Waals surface area contributed by atoms with E-state index in [1.165, 1.54) is 31.9 Å². The minimum absolute atomic E-state index is 0.274. The fraction of sp³-hybridized carbons (Fsp3) is 0.643. The van der Waals surface area contributed by atoms with Gasteiger partial charge in [0.15, 0.2) is 11.6 Å². The molecule has 0 radical (unpaired) electrons. The summed E-state index contributed by atoms with van der Waals surface area (Å²) in [7, 11) is 0. The monoisotopic (exact) mass is 251 g/mol. The largest absolute Gasteiger partial charge is 0.368 e. The Balaban J connectivity index is 1.68. The van der Waals surface area contributed by atoms with Crippen molar-refractivity contribution in [3.05, 3.63) is 24.1 Å². The Bertz CT molecular complexity index is 370. The highest BCUT2D eigenvalue weighted by Gasteiger charge is 2.17. The molecule has 4 heteroatoms. The number of halogens is 1. The van der Waals surface area contributed by atoms with Crippen molar-refractivity contribution < 1.29 is 4.39 Å². The van der Waals surface area contributed by atoms with Crippen molar-refractivity contribution >= 4 is 5.82 Å². The first kappa shape index (κ1) is 13.3. The smallest absolute Gasteiger partial charge is 0.165 e. The van der Waals surface area contributed by atoms with Gasteiger partial charge in [-0.25, -0.2) is 9.37 Å². The second-order valence-corrected chi connectivity index (χ2v) is 4.99. The number of hydrogen-bond donors (Lipinski definition) is 1. The van der Waals surface area contributed by atoms with E-state index in [1.54, 1.807) is 12.3 Å². The van der Waals surface area contributed by atoms with E-state index in [0.717, 1.165) is 19.5 Å². The van der Waals surface area contributed by atoms with Crippen LogP contribution < -0.4 is 5.32 Å². The molecule has 1 aliphatic heterocycles. The van der Waals surface area contributed by atoms with Gasteiger partial charge in [-0.15, -0.1) is 0 Å². The topological polar surface area (TPSA) is 28.2 Å². The van der Waals surface area contributed by atoms with Gasteiger partial charge < -0.3 is 10.2 Å². The number of likely N-dealkylation sites (tertiary alicyclic amines) is 1. The minimum Gasteiger partial charge on any atom is -0.368 e. The van der Waals surface area contributed by atoms with Crippen LogP contribution in [0.2, 0.25) is 0 Å². The maximum atomic E-state index is 13.3. The van der Waals surface area contributed by atoms with E-state index >= 15 is 0 Å². The normalized spacial score (nSPS) is 20.9. The third kappa shape index (κ3) is 3.67. The molecule has 1 aromatic rings. The lowest BCUT2D eigenvalue weighted by atomic mass is 10.0. The molecular weight excluding hydrogens is 229 g/mol. The van der Waals surface area contributed by atoms with Gasteiger partial charge in [-0.2, -0.15) is 0 Å². The molecule has 0 bridgehead atoms. The van der Waals surface area contributed by atoms with Crippen LogP contribution in [0.4, 0.5) is 10.2 Å². The van der Waals surface area contributed by atoms with Crippen LogP contribution in [0.25, 0.3) is 0 Å². The molecule has 0 aliphatic carbocycles. The van der Waals surface area contributed by atoms with Gasteiger partial charge >= 0.3 is 0 Å². The molecule has 1 aliphatic rings. The van der Waals surface area contributed by atoms with Crippen molar-refractivity contribution in [2.24, 2.45) is 0 Å². The number of pyridine rings is 1. The summed E-state index contributed by atoms with van der Waals surface area (Å²) < 4.78 is 13.3. The Morgan fingerprint density at radius 2 is 2.39 bits per heavy atom.